The number of sulfone groups is 1. The molecule has 3 aromatic rings. The van der Waals surface area contributed by atoms with Crippen LogP contribution in [0.2, 0.25) is 0 Å². The van der Waals surface area contributed by atoms with Crippen LogP contribution in [0.15, 0.2) is 51.1 Å². The molecule has 0 spiro atoms. The molecule has 0 atom stereocenters. The van der Waals surface area contributed by atoms with E-state index < -0.39 is 21.1 Å². The van der Waals surface area contributed by atoms with Gasteiger partial charge < -0.3 is 9.47 Å². The van der Waals surface area contributed by atoms with Gasteiger partial charge in [-0.3, -0.25) is 4.79 Å². The van der Waals surface area contributed by atoms with Crippen LogP contribution in [0.1, 0.15) is 37.8 Å². The number of anilines is 1. The highest BCUT2D eigenvalue weighted by atomic mass is 32.2. The van der Waals surface area contributed by atoms with Gasteiger partial charge in [-0.15, -0.1) is 0 Å². The molecule has 2 aromatic carbocycles. The summed E-state index contributed by atoms with van der Waals surface area (Å²) < 4.78 is 43.6. The molecule has 170 valence electrons. The van der Waals surface area contributed by atoms with Gasteiger partial charge in [0, 0.05) is 25.8 Å². The normalized spacial score (nSPS) is 15.5. The van der Waals surface area contributed by atoms with Gasteiger partial charge >= 0.3 is 0 Å². The second kappa shape index (κ2) is 8.35. The molecule has 1 saturated heterocycles. The van der Waals surface area contributed by atoms with Crippen molar-refractivity contribution in [2.75, 3.05) is 18.0 Å². The summed E-state index contributed by atoms with van der Waals surface area (Å²) in [6.45, 7) is 9.68. The Labute approximate surface area is 188 Å². The number of aromatic nitrogens is 1. The fraction of sp³-hybridized carbons (Fsp3) is 0.400. The maximum Gasteiger partial charge on any atom is 0.211 e. The predicted octanol–water partition coefficient (Wildman–Crippen LogP) is 4.85. The van der Waals surface area contributed by atoms with Crippen molar-refractivity contribution in [1.82, 2.24) is 4.57 Å². The summed E-state index contributed by atoms with van der Waals surface area (Å²) in [6.07, 6.45) is 3.38. The number of benzene rings is 2. The highest BCUT2D eigenvalue weighted by Gasteiger charge is 2.26. The number of piperidine rings is 1. The SMILES string of the molecule is CCn1cc(S(=O)(=O)c2cc(C)cc(C)c2)c(=O)c2cc(F)c(N3CCC(C)CC3)cc21. The van der Waals surface area contributed by atoms with E-state index in [2.05, 4.69) is 6.92 Å². The van der Waals surface area contributed by atoms with Crippen LogP contribution in [0.25, 0.3) is 10.9 Å². The maximum atomic E-state index is 15.1. The number of fused-ring (bicyclic) bond motifs is 1. The van der Waals surface area contributed by atoms with E-state index in [0.29, 0.717) is 23.7 Å². The highest BCUT2D eigenvalue weighted by molar-refractivity contribution is 7.91. The minimum absolute atomic E-state index is 0.0774. The van der Waals surface area contributed by atoms with Crippen molar-refractivity contribution < 1.29 is 12.8 Å². The summed E-state index contributed by atoms with van der Waals surface area (Å²) in [5.74, 6) is 0.120. The molecular formula is C25H29FN2O3S. The van der Waals surface area contributed by atoms with Crippen molar-refractivity contribution in [3.63, 3.8) is 0 Å². The van der Waals surface area contributed by atoms with Crippen molar-refractivity contribution in [2.24, 2.45) is 5.92 Å². The van der Waals surface area contributed by atoms with Crippen LogP contribution >= 0.6 is 0 Å². The van der Waals surface area contributed by atoms with E-state index in [9.17, 15) is 13.2 Å². The van der Waals surface area contributed by atoms with Gasteiger partial charge in [-0.1, -0.05) is 13.0 Å². The summed E-state index contributed by atoms with van der Waals surface area (Å²) in [4.78, 5) is 15.1. The van der Waals surface area contributed by atoms with Crippen LogP contribution in [0.3, 0.4) is 0 Å². The van der Waals surface area contributed by atoms with Crippen LogP contribution < -0.4 is 10.3 Å². The second-order valence-electron chi connectivity index (χ2n) is 8.93. The summed E-state index contributed by atoms with van der Waals surface area (Å²) in [7, 11) is -4.05. The Balaban J connectivity index is 1.91. The van der Waals surface area contributed by atoms with Gasteiger partial charge in [0.15, 0.2) is 0 Å². The summed E-state index contributed by atoms with van der Waals surface area (Å²) in [5.41, 5.74) is 1.95. The Kier molecular flexibility index (Phi) is 5.88. The molecule has 1 aromatic heterocycles. The third-order valence-corrected chi connectivity index (χ3v) is 8.10. The van der Waals surface area contributed by atoms with Gasteiger partial charge in [0.2, 0.25) is 15.3 Å². The number of halogens is 1. The lowest BCUT2D eigenvalue weighted by atomic mass is 9.98. The van der Waals surface area contributed by atoms with Gasteiger partial charge in [0.25, 0.3) is 0 Å². The number of hydrogen-bond acceptors (Lipinski definition) is 4. The van der Waals surface area contributed by atoms with Gasteiger partial charge in [0.05, 0.1) is 21.5 Å². The minimum atomic E-state index is -4.05. The van der Waals surface area contributed by atoms with E-state index in [4.69, 9.17) is 0 Å². The highest BCUT2D eigenvalue weighted by Crippen LogP contribution is 2.30. The molecule has 1 aliphatic heterocycles. The number of hydrogen-bond donors (Lipinski definition) is 0. The quantitative estimate of drug-likeness (QED) is 0.563. The molecular weight excluding hydrogens is 427 g/mol. The lowest BCUT2D eigenvalue weighted by Crippen LogP contribution is -2.33. The third-order valence-electron chi connectivity index (χ3n) is 6.38. The van der Waals surface area contributed by atoms with Crippen molar-refractivity contribution >= 4 is 26.4 Å². The first-order valence-corrected chi connectivity index (χ1v) is 12.5. The van der Waals surface area contributed by atoms with Crippen LogP contribution in [0.5, 0.6) is 0 Å². The number of nitrogens with zero attached hydrogens (tertiary/aromatic N) is 2. The van der Waals surface area contributed by atoms with Crippen LogP contribution in [-0.2, 0) is 16.4 Å². The van der Waals surface area contributed by atoms with Gasteiger partial charge in [-0.05, 0) is 74.9 Å². The lowest BCUT2D eigenvalue weighted by Gasteiger charge is -2.32. The molecule has 4 rings (SSSR count). The molecule has 1 fully saturated rings. The average molecular weight is 457 g/mol. The molecule has 7 heteroatoms. The molecule has 0 radical (unpaired) electrons. The standard InChI is InChI=1S/C25H29FN2O3S/c1-5-27-15-24(32(30,31)19-11-17(3)10-18(4)12-19)25(29)20-13-21(26)23(14-22(20)27)28-8-6-16(2)7-9-28/h10-16H,5-9H2,1-4H3. The molecule has 1 aliphatic rings. The van der Waals surface area contributed by atoms with Crippen molar-refractivity contribution in [1.29, 1.82) is 0 Å². The monoisotopic (exact) mass is 456 g/mol. The molecule has 0 aliphatic carbocycles. The zero-order valence-corrected chi connectivity index (χ0v) is 19.8. The summed E-state index contributed by atoms with van der Waals surface area (Å²) >= 11 is 0. The molecule has 0 unspecified atom stereocenters. The topological polar surface area (TPSA) is 59.4 Å². The predicted molar refractivity (Wildman–Crippen MR) is 126 cm³/mol. The van der Waals surface area contributed by atoms with Gasteiger partial charge in [-0.25, -0.2) is 12.8 Å². The van der Waals surface area contributed by atoms with Crippen LogP contribution in [-0.4, -0.2) is 26.1 Å². The molecule has 32 heavy (non-hydrogen) atoms. The zero-order valence-electron chi connectivity index (χ0n) is 19.0. The Bertz CT molecular complexity index is 1330. The average Bonchev–Trinajstić information content (AvgIpc) is 2.74. The smallest absolute Gasteiger partial charge is 0.211 e. The number of pyridine rings is 1. The molecule has 2 heterocycles. The first-order valence-electron chi connectivity index (χ1n) is 11.1. The first kappa shape index (κ1) is 22.5. The van der Waals surface area contributed by atoms with Crippen molar-refractivity contribution in [2.45, 2.75) is 56.9 Å². The Morgan fingerprint density at radius 2 is 1.66 bits per heavy atom. The summed E-state index contributed by atoms with van der Waals surface area (Å²) in [6, 6.07) is 7.89. The molecule has 5 nitrogen and oxygen atoms in total. The largest absolute Gasteiger partial charge is 0.369 e. The van der Waals surface area contributed by atoms with E-state index in [1.807, 2.05) is 31.7 Å². The van der Waals surface area contributed by atoms with Gasteiger partial charge in [-0.2, -0.15) is 0 Å². The van der Waals surface area contributed by atoms with E-state index in [-0.39, 0.29) is 15.2 Å². The van der Waals surface area contributed by atoms with Crippen molar-refractivity contribution in [3.8, 4) is 0 Å². The number of rotatable bonds is 4. The van der Waals surface area contributed by atoms with E-state index >= 15 is 4.39 Å². The Morgan fingerprint density at radius 1 is 1.03 bits per heavy atom. The number of aryl methyl sites for hydroxylation is 3. The van der Waals surface area contributed by atoms with Crippen LogP contribution in [0.4, 0.5) is 10.1 Å². The maximum absolute atomic E-state index is 15.1. The zero-order chi connectivity index (χ0) is 23.2. The molecule has 0 saturated carbocycles. The van der Waals surface area contributed by atoms with E-state index in [1.165, 1.54) is 12.3 Å². The van der Waals surface area contributed by atoms with Gasteiger partial charge in [0.1, 0.15) is 10.7 Å². The fourth-order valence-electron chi connectivity index (χ4n) is 4.53. The summed E-state index contributed by atoms with van der Waals surface area (Å²) in [5, 5.41) is 0.0870. The second-order valence-corrected chi connectivity index (χ2v) is 10.8. The van der Waals surface area contributed by atoms with E-state index in [0.717, 1.165) is 37.1 Å². The molecule has 0 amide bonds. The fourth-order valence-corrected chi connectivity index (χ4v) is 6.09. The minimum Gasteiger partial charge on any atom is -0.369 e. The Morgan fingerprint density at radius 3 is 2.25 bits per heavy atom. The first-order chi connectivity index (χ1) is 15.1. The van der Waals surface area contributed by atoms with Crippen LogP contribution in [0, 0.1) is 25.6 Å². The molecule has 0 bridgehead atoms. The Hall–Kier alpha value is -2.67. The van der Waals surface area contributed by atoms with E-state index in [1.54, 1.807) is 22.8 Å². The third kappa shape index (κ3) is 3.94. The lowest BCUT2D eigenvalue weighted by molar-refractivity contribution is 0.434. The van der Waals surface area contributed by atoms with Crippen molar-refractivity contribution in [3.05, 3.63) is 63.7 Å². The molecule has 0 N–H and O–H groups in total.